The lowest BCUT2D eigenvalue weighted by molar-refractivity contribution is 0.397. The molecule has 1 heterocycles. The molecule has 0 radical (unpaired) electrons. The SMILES string of the molecule is CC(C)(C)CCS(=O)(=O)Nc1ccc2c(c1)CNCC2. The minimum Gasteiger partial charge on any atom is -0.312 e. The fraction of sp³-hybridized carbons (Fsp3) is 0.600. The van der Waals surface area contributed by atoms with Gasteiger partial charge in [-0.2, -0.15) is 0 Å². The van der Waals surface area contributed by atoms with Crippen LogP contribution in [0.3, 0.4) is 0 Å². The highest BCUT2D eigenvalue weighted by Crippen LogP contribution is 2.22. The lowest BCUT2D eigenvalue weighted by atomic mass is 9.94. The summed E-state index contributed by atoms with van der Waals surface area (Å²) in [5.74, 6) is 0.159. The number of sulfonamides is 1. The number of benzene rings is 1. The van der Waals surface area contributed by atoms with Gasteiger partial charge in [0.1, 0.15) is 0 Å². The molecule has 1 aromatic carbocycles. The summed E-state index contributed by atoms with van der Waals surface area (Å²) >= 11 is 0. The van der Waals surface area contributed by atoms with E-state index in [4.69, 9.17) is 0 Å². The van der Waals surface area contributed by atoms with Crippen molar-refractivity contribution in [3.63, 3.8) is 0 Å². The molecule has 112 valence electrons. The van der Waals surface area contributed by atoms with E-state index >= 15 is 0 Å². The van der Waals surface area contributed by atoms with Gasteiger partial charge in [0.05, 0.1) is 5.75 Å². The highest BCUT2D eigenvalue weighted by molar-refractivity contribution is 7.92. The lowest BCUT2D eigenvalue weighted by Crippen LogP contribution is -2.24. The zero-order valence-corrected chi connectivity index (χ0v) is 13.3. The van der Waals surface area contributed by atoms with Gasteiger partial charge in [0, 0.05) is 12.2 Å². The van der Waals surface area contributed by atoms with E-state index in [9.17, 15) is 8.42 Å². The summed E-state index contributed by atoms with van der Waals surface area (Å²) in [6.07, 6.45) is 1.65. The molecule has 0 bridgehead atoms. The van der Waals surface area contributed by atoms with E-state index in [1.807, 2.05) is 39.0 Å². The summed E-state index contributed by atoms with van der Waals surface area (Å²) in [5, 5.41) is 3.30. The first-order chi connectivity index (χ1) is 9.25. The van der Waals surface area contributed by atoms with Crippen molar-refractivity contribution in [3.8, 4) is 0 Å². The van der Waals surface area contributed by atoms with E-state index in [1.165, 1.54) is 11.1 Å². The van der Waals surface area contributed by atoms with Crippen LogP contribution in [0.4, 0.5) is 5.69 Å². The Morgan fingerprint density at radius 3 is 2.70 bits per heavy atom. The Labute approximate surface area is 122 Å². The van der Waals surface area contributed by atoms with Crippen LogP contribution in [0.15, 0.2) is 18.2 Å². The summed E-state index contributed by atoms with van der Waals surface area (Å²) in [6, 6.07) is 5.83. The third-order valence-corrected chi connectivity index (χ3v) is 4.78. The normalized spacial score (nSPS) is 15.8. The van der Waals surface area contributed by atoms with Gasteiger partial charge in [-0.25, -0.2) is 8.42 Å². The van der Waals surface area contributed by atoms with Gasteiger partial charge >= 0.3 is 0 Å². The van der Waals surface area contributed by atoms with Crippen molar-refractivity contribution >= 4 is 15.7 Å². The first-order valence-corrected chi connectivity index (χ1v) is 8.73. The van der Waals surface area contributed by atoms with Crippen LogP contribution in [0.2, 0.25) is 0 Å². The van der Waals surface area contributed by atoms with E-state index in [2.05, 4.69) is 10.0 Å². The molecule has 5 heteroatoms. The molecule has 20 heavy (non-hydrogen) atoms. The summed E-state index contributed by atoms with van der Waals surface area (Å²) in [5.41, 5.74) is 3.18. The first kappa shape index (κ1) is 15.3. The number of nitrogens with one attached hydrogen (secondary N) is 2. The smallest absolute Gasteiger partial charge is 0.232 e. The molecule has 0 fully saturated rings. The van der Waals surface area contributed by atoms with Crippen molar-refractivity contribution in [2.75, 3.05) is 17.0 Å². The van der Waals surface area contributed by atoms with Crippen LogP contribution in [0.5, 0.6) is 0 Å². The lowest BCUT2D eigenvalue weighted by Gasteiger charge is -2.20. The number of rotatable bonds is 4. The summed E-state index contributed by atoms with van der Waals surface area (Å²) in [4.78, 5) is 0. The molecule has 0 unspecified atom stereocenters. The topological polar surface area (TPSA) is 58.2 Å². The van der Waals surface area contributed by atoms with Crippen molar-refractivity contribution in [2.45, 2.75) is 40.2 Å². The average Bonchev–Trinajstić information content (AvgIpc) is 2.35. The molecule has 0 atom stereocenters. The predicted molar refractivity (Wildman–Crippen MR) is 83.3 cm³/mol. The maximum Gasteiger partial charge on any atom is 0.232 e. The number of anilines is 1. The van der Waals surface area contributed by atoms with Gasteiger partial charge in [-0.3, -0.25) is 4.72 Å². The molecule has 4 nitrogen and oxygen atoms in total. The van der Waals surface area contributed by atoms with Crippen molar-refractivity contribution in [3.05, 3.63) is 29.3 Å². The van der Waals surface area contributed by atoms with Crippen LogP contribution < -0.4 is 10.0 Å². The zero-order valence-electron chi connectivity index (χ0n) is 12.5. The molecule has 0 aromatic heterocycles. The molecule has 0 amide bonds. The van der Waals surface area contributed by atoms with Crippen LogP contribution in [0, 0.1) is 5.41 Å². The maximum atomic E-state index is 12.1. The number of fused-ring (bicyclic) bond motifs is 1. The van der Waals surface area contributed by atoms with Crippen LogP contribution in [0.1, 0.15) is 38.3 Å². The molecule has 0 saturated carbocycles. The van der Waals surface area contributed by atoms with Gasteiger partial charge in [-0.05, 0) is 48.1 Å². The van der Waals surface area contributed by atoms with E-state index in [0.29, 0.717) is 12.1 Å². The monoisotopic (exact) mass is 296 g/mol. The third-order valence-electron chi connectivity index (χ3n) is 3.49. The number of hydrogen-bond donors (Lipinski definition) is 2. The summed E-state index contributed by atoms with van der Waals surface area (Å²) in [6.45, 7) is 7.95. The quantitative estimate of drug-likeness (QED) is 0.897. The molecule has 1 aliphatic rings. The Morgan fingerprint density at radius 2 is 2.00 bits per heavy atom. The van der Waals surface area contributed by atoms with E-state index < -0.39 is 10.0 Å². The maximum absolute atomic E-state index is 12.1. The standard InChI is InChI=1S/C15H24N2O2S/c1-15(2,3)7-9-20(18,19)17-14-5-4-12-6-8-16-11-13(12)10-14/h4-5,10,16-17H,6-9,11H2,1-3H3. The zero-order chi connectivity index (χ0) is 14.8. The molecule has 0 spiro atoms. The van der Waals surface area contributed by atoms with Gasteiger partial charge in [0.25, 0.3) is 0 Å². The van der Waals surface area contributed by atoms with Gasteiger partial charge in [0.2, 0.25) is 10.0 Å². The Kier molecular flexibility index (Phi) is 4.39. The second-order valence-electron chi connectivity index (χ2n) is 6.64. The van der Waals surface area contributed by atoms with Crippen LogP contribution >= 0.6 is 0 Å². The van der Waals surface area contributed by atoms with Gasteiger partial charge in [0.15, 0.2) is 0 Å². The molecule has 2 N–H and O–H groups in total. The van der Waals surface area contributed by atoms with E-state index in [-0.39, 0.29) is 11.2 Å². The highest BCUT2D eigenvalue weighted by Gasteiger charge is 2.18. The van der Waals surface area contributed by atoms with Crippen molar-refractivity contribution in [2.24, 2.45) is 5.41 Å². The molecule has 1 aliphatic heterocycles. The van der Waals surface area contributed by atoms with E-state index in [1.54, 1.807) is 0 Å². The second-order valence-corrected chi connectivity index (χ2v) is 8.48. The fourth-order valence-corrected chi connectivity index (χ4v) is 3.68. The Morgan fingerprint density at radius 1 is 1.25 bits per heavy atom. The molecule has 0 saturated heterocycles. The predicted octanol–water partition coefficient (Wildman–Crippen LogP) is 2.51. The van der Waals surface area contributed by atoms with Crippen LogP contribution in [-0.4, -0.2) is 20.7 Å². The average molecular weight is 296 g/mol. The summed E-state index contributed by atoms with van der Waals surface area (Å²) in [7, 11) is -3.26. The largest absolute Gasteiger partial charge is 0.312 e. The van der Waals surface area contributed by atoms with Crippen LogP contribution in [-0.2, 0) is 23.0 Å². The Hall–Kier alpha value is -1.07. The highest BCUT2D eigenvalue weighted by atomic mass is 32.2. The second kappa shape index (κ2) is 5.74. The van der Waals surface area contributed by atoms with E-state index in [0.717, 1.165) is 19.5 Å². The Bertz CT molecular complexity index is 574. The Balaban J connectivity index is 2.05. The number of hydrogen-bond acceptors (Lipinski definition) is 3. The molecule has 1 aromatic rings. The third kappa shape index (κ3) is 4.49. The molecule has 2 rings (SSSR count). The molecule has 0 aliphatic carbocycles. The van der Waals surface area contributed by atoms with Crippen molar-refractivity contribution in [1.29, 1.82) is 0 Å². The molecular formula is C15H24N2O2S. The minimum absolute atomic E-state index is 0.0223. The van der Waals surface area contributed by atoms with Gasteiger partial charge in [-0.1, -0.05) is 26.8 Å². The van der Waals surface area contributed by atoms with Crippen molar-refractivity contribution < 1.29 is 8.42 Å². The summed E-state index contributed by atoms with van der Waals surface area (Å²) < 4.78 is 26.9. The van der Waals surface area contributed by atoms with Crippen molar-refractivity contribution in [1.82, 2.24) is 5.32 Å². The van der Waals surface area contributed by atoms with Crippen LogP contribution in [0.25, 0.3) is 0 Å². The minimum atomic E-state index is -3.26. The molecular weight excluding hydrogens is 272 g/mol. The van der Waals surface area contributed by atoms with Gasteiger partial charge in [-0.15, -0.1) is 0 Å². The van der Waals surface area contributed by atoms with Gasteiger partial charge < -0.3 is 5.32 Å². The fourth-order valence-electron chi connectivity index (χ4n) is 2.22. The first-order valence-electron chi connectivity index (χ1n) is 7.08.